The van der Waals surface area contributed by atoms with Crippen LogP contribution in [0.1, 0.15) is 43.0 Å². The molecule has 1 spiro atoms. The van der Waals surface area contributed by atoms with Gasteiger partial charge in [-0.15, -0.1) is 0 Å². The highest BCUT2D eigenvalue weighted by Crippen LogP contribution is 2.34. The maximum atomic E-state index is 12.5. The van der Waals surface area contributed by atoms with E-state index in [1.54, 1.807) is 24.3 Å². The fourth-order valence-corrected chi connectivity index (χ4v) is 3.30. The molecule has 1 aromatic rings. The lowest BCUT2D eigenvalue weighted by Crippen LogP contribution is -2.44. The van der Waals surface area contributed by atoms with Crippen LogP contribution in [0, 0.1) is 0 Å². The summed E-state index contributed by atoms with van der Waals surface area (Å²) in [6, 6.07) is 6.00. The van der Waals surface area contributed by atoms with E-state index in [1.807, 2.05) is 0 Å². The predicted octanol–water partition coefficient (Wildman–Crippen LogP) is 1.69. The molecule has 7 heteroatoms. The summed E-state index contributed by atoms with van der Waals surface area (Å²) >= 11 is 0. The Labute approximate surface area is 139 Å². The minimum absolute atomic E-state index is 0.108. The zero-order chi connectivity index (χ0) is 17.3. The summed E-state index contributed by atoms with van der Waals surface area (Å²) in [4.78, 5) is 49.1. The number of urea groups is 1. The number of rotatable bonds is 4. The third-order valence-corrected chi connectivity index (χ3v) is 4.56. The molecule has 1 heterocycles. The third kappa shape index (κ3) is 2.89. The van der Waals surface area contributed by atoms with Gasteiger partial charge in [0.2, 0.25) is 5.91 Å². The van der Waals surface area contributed by atoms with Crippen molar-refractivity contribution in [1.29, 1.82) is 0 Å². The van der Waals surface area contributed by atoms with E-state index in [1.165, 1.54) is 6.92 Å². The molecule has 24 heavy (non-hydrogen) atoms. The molecule has 2 N–H and O–H groups in total. The number of nitrogens with zero attached hydrogens (tertiary/aromatic N) is 1. The lowest BCUT2D eigenvalue weighted by Gasteiger charge is -2.19. The van der Waals surface area contributed by atoms with Crippen LogP contribution >= 0.6 is 0 Å². The SMILES string of the molecule is CC(=O)c1cccc(NC(=O)CN2C(=O)NC3(CCCC3)C2=O)c1. The highest BCUT2D eigenvalue weighted by atomic mass is 16.2. The van der Waals surface area contributed by atoms with Gasteiger partial charge in [0, 0.05) is 11.3 Å². The number of imide groups is 1. The number of Topliss-reactive ketones (excluding diaryl/α,β-unsaturated/α-hetero) is 1. The molecule has 1 saturated heterocycles. The molecule has 0 unspecified atom stereocenters. The zero-order valence-corrected chi connectivity index (χ0v) is 13.4. The number of nitrogens with one attached hydrogen (secondary N) is 2. The van der Waals surface area contributed by atoms with Gasteiger partial charge < -0.3 is 10.6 Å². The van der Waals surface area contributed by atoms with Gasteiger partial charge in [0.1, 0.15) is 12.1 Å². The molecule has 126 valence electrons. The Balaban J connectivity index is 1.67. The Morgan fingerprint density at radius 3 is 2.62 bits per heavy atom. The summed E-state index contributed by atoms with van der Waals surface area (Å²) in [6.45, 7) is 1.10. The fourth-order valence-electron chi connectivity index (χ4n) is 3.30. The van der Waals surface area contributed by atoms with E-state index in [-0.39, 0.29) is 18.2 Å². The van der Waals surface area contributed by atoms with Crippen LogP contribution in [0.5, 0.6) is 0 Å². The number of benzene rings is 1. The molecular weight excluding hydrogens is 310 g/mol. The van der Waals surface area contributed by atoms with Crippen LogP contribution in [-0.4, -0.2) is 40.6 Å². The fraction of sp³-hybridized carbons (Fsp3) is 0.412. The number of amides is 4. The molecule has 2 aliphatic rings. The summed E-state index contributed by atoms with van der Waals surface area (Å²) in [5, 5.41) is 5.35. The molecule has 0 atom stereocenters. The molecule has 1 aliphatic carbocycles. The van der Waals surface area contributed by atoms with Crippen molar-refractivity contribution in [1.82, 2.24) is 10.2 Å². The van der Waals surface area contributed by atoms with E-state index >= 15 is 0 Å². The Morgan fingerprint density at radius 2 is 1.96 bits per heavy atom. The average Bonchev–Trinajstić information content (AvgIpc) is 3.09. The van der Waals surface area contributed by atoms with Crippen molar-refractivity contribution in [3.63, 3.8) is 0 Å². The number of carbonyl (C=O) groups excluding carboxylic acids is 4. The zero-order valence-electron chi connectivity index (χ0n) is 13.4. The van der Waals surface area contributed by atoms with Crippen molar-refractivity contribution >= 4 is 29.3 Å². The number of anilines is 1. The topological polar surface area (TPSA) is 95.6 Å². The van der Waals surface area contributed by atoms with Crippen LogP contribution in [-0.2, 0) is 9.59 Å². The van der Waals surface area contributed by atoms with Crippen LogP contribution in [0.4, 0.5) is 10.5 Å². The first kappa shape index (κ1) is 16.2. The first-order valence-corrected chi connectivity index (χ1v) is 7.96. The molecule has 0 aromatic heterocycles. The Hall–Kier alpha value is -2.70. The van der Waals surface area contributed by atoms with Gasteiger partial charge >= 0.3 is 6.03 Å². The number of ketones is 1. The van der Waals surface area contributed by atoms with Gasteiger partial charge in [0.05, 0.1) is 0 Å². The van der Waals surface area contributed by atoms with Crippen LogP contribution in [0.15, 0.2) is 24.3 Å². The summed E-state index contributed by atoms with van der Waals surface area (Å²) in [5.74, 6) is -0.907. The molecule has 3 rings (SSSR count). The first-order valence-electron chi connectivity index (χ1n) is 7.96. The van der Waals surface area contributed by atoms with E-state index < -0.39 is 17.5 Å². The van der Waals surface area contributed by atoms with Crippen LogP contribution in [0.2, 0.25) is 0 Å². The van der Waals surface area contributed by atoms with E-state index in [0.717, 1.165) is 17.7 Å². The quantitative estimate of drug-likeness (QED) is 0.649. The van der Waals surface area contributed by atoms with Gasteiger partial charge in [-0.25, -0.2) is 4.79 Å². The lowest BCUT2D eigenvalue weighted by molar-refractivity contribution is -0.133. The smallest absolute Gasteiger partial charge is 0.325 e. The monoisotopic (exact) mass is 329 g/mol. The van der Waals surface area contributed by atoms with Gasteiger partial charge in [0.25, 0.3) is 5.91 Å². The van der Waals surface area contributed by atoms with Crippen molar-refractivity contribution in [3.8, 4) is 0 Å². The highest BCUT2D eigenvalue weighted by Gasteiger charge is 2.52. The first-order chi connectivity index (χ1) is 11.4. The van der Waals surface area contributed by atoms with E-state index in [4.69, 9.17) is 0 Å². The van der Waals surface area contributed by atoms with E-state index in [0.29, 0.717) is 24.1 Å². The molecule has 1 aromatic carbocycles. The second-order valence-electron chi connectivity index (χ2n) is 6.30. The molecule has 0 bridgehead atoms. The van der Waals surface area contributed by atoms with Crippen LogP contribution in [0.3, 0.4) is 0 Å². The highest BCUT2D eigenvalue weighted by molar-refractivity contribution is 6.10. The largest absolute Gasteiger partial charge is 0.325 e. The van der Waals surface area contributed by atoms with Crippen molar-refractivity contribution in [2.45, 2.75) is 38.1 Å². The van der Waals surface area contributed by atoms with E-state index in [9.17, 15) is 19.2 Å². The third-order valence-electron chi connectivity index (χ3n) is 4.56. The van der Waals surface area contributed by atoms with Crippen LogP contribution in [0.25, 0.3) is 0 Å². The molecular formula is C17H19N3O4. The standard InChI is InChI=1S/C17H19N3O4/c1-11(21)12-5-4-6-13(9-12)18-14(22)10-20-15(23)17(19-16(20)24)7-2-3-8-17/h4-6,9H,2-3,7-8,10H2,1H3,(H,18,22)(H,19,24). The van der Waals surface area contributed by atoms with Gasteiger partial charge in [-0.1, -0.05) is 25.0 Å². The lowest BCUT2D eigenvalue weighted by atomic mass is 9.98. The minimum Gasteiger partial charge on any atom is -0.325 e. The Bertz CT molecular complexity index is 722. The van der Waals surface area contributed by atoms with Crippen LogP contribution < -0.4 is 10.6 Å². The summed E-state index contributed by atoms with van der Waals surface area (Å²) in [6.07, 6.45) is 3.03. The van der Waals surface area contributed by atoms with Crippen molar-refractivity contribution in [2.24, 2.45) is 0 Å². The molecule has 0 radical (unpaired) electrons. The number of hydrogen-bond donors (Lipinski definition) is 2. The normalized spacial score (nSPS) is 18.8. The molecule has 7 nitrogen and oxygen atoms in total. The average molecular weight is 329 g/mol. The summed E-state index contributed by atoms with van der Waals surface area (Å²) in [7, 11) is 0. The molecule has 1 aliphatic heterocycles. The molecule has 4 amide bonds. The van der Waals surface area contributed by atoms with Gasteiger partial charge in [-0.05, 0) is 31.9 Å². The molecule has 2 fully saturated rings. The van der Waals surface area contributed by atoms with Crippen molar-refractivity contribution in [3.05, 3.63) is 29.8 Å². The Morgan fingerprint density at radius 1 is 1.25 bits per heavy atom. The second-order valence-corrected chi connectivity index (χ2v) is 6.30. The van der Waals surface area contributed by atoms with Gasteiger partial charge in [0.15, 0.2) is 5.78 Å². The second kappa shape index (κ2) is 6.07. The maximum Gasteiger partial charge on any atom is 0.325 e. The van der Waals surface area contributed by atoms with Gasteiger partial charge in [-0.2, -0.15) is 0 Å². The Kier molecular flexibility index (Phi) is 4.09. The summed E-state index contributed by atoms with van der Waals surface area (Å²) < 4.78 is 0. The van der Waals surface area contributed by atoms with Crippen molar-refractivity contribution in [2.75, 3.05) is 11.9 Å². The predicted molar refractivity (Wildman–Crippen MR) is 86.5 cm³/mol. The van der Waals surface area contributed by atoms with Crippen molar-refractivity contribution < 1.29 is 19.2 Å². The minimum atomic E-state index is -0.814. The van der Waals surface area contributed by atoms with E-state index in [2.05, 4.69) is 10.6 Å². The number of carbonyl (C=O) groups is 4. The maximum absolute atomic E-state index is 12.5. The van der Waals surface area contributed by atoms with Gasteiger partial charge in [-0.3, -0.25) is 19.3 Å². The number of hydrogen-bond acceptors (Lipinski definition) is 4. The molecule has 1 saturated carbocycles. The summed E-state index contributed by atoms with van der Waals surface area (Å²) in [5.41, 5.74) is 0.120.